The first-order chi connectivity index (χ1) is 11.0. The number of para-hydroxylation sites is 1. The van der Waals surface area contributed by atoms with Crippen LogP contribution < -0.4 is 4.90 Å². The first kappa shape index (κ1) is 15.1. The Kier molecular flexibility index (Phi) is 4.02. The van der Waals surface area contributed by atoms with Crippen LogP contribution in [-0.4, -0.2) is 0 Å². The third-order valence-electron chi connectivity index (χ3n) is 3.23. The molecule has 0 spiro atoms. The van der Waals surface area contributed by atoms with Crippen molar-refractivity contribution in [3.63, 3.8) is 0 Å². The fourth-order valence-electron chi connectivity index (χ4n) is 2.36. The summed E-state index contributed by atoms with van der Waals surface area (Å²) in [6.45, 7) is 0. The molecule has 0 saturated carbocycles. The number of hydrogen-bond acceptors (Lipinski definition) is 1. The minimum absolute atomic E-state index is 0.124. The highest BCUT2D eigenvalue weighted by molar-refractivity contribution is 5.76. The zero-order valence-corrected chi connectivity index (χ0v) is 11.8. The van der Waals surface area contributed by atoms with Gasteiger partial charge in [0, 0.05) is 17.8 Å². The van der Waals surface area contributed by atoms with Crippen LogP contribution in [0.5, 0.6) is 0 Å². The zero-order valence-electron chi connectivity index (χ0n) is 11.8. The molecule has 0 fully saturated rings. The molecule has 116 valence electrons. The molecule has 0 aliphatic rings. The van der Waals surface area contributed by atoms with Crippen molar-refractivity contribution < 1.29 is 17.6 Å². The summed E-state index contributed by atoms with van der Waals surface area (Å²) in [6.07, 6.45) is 0. The largest absolute Gasteiger partial charge is 0.310 e. The van der Waals surface area contributed by atoms with Crippen molar-refractivity contribution in [3.8, 4) is 0 Å². The number of hydrogen-bond donors (Lipinski definition) is 0. The molecule has 0 radical (unpaired) electrons. The van der Waals surface area contributed by atoms with Gasteiger partial charge in [0.1, 0.15) is 23.3 Å². The van der Waals surface area contributed by atoms with Crippen LogP contribution in [0, 0.1) is 23.3 Å². The van der Waals surface area contributed by atoms with Gasteiger partial charge in [-0.2, -0.15) is 0 Å². The summed E-state index contributed by atoms with van der Waals surface area (Å²) in [7, 11) is 0. The fraction of sp³-hybridized carbons (Fsp3) is 0. The average Bonchev–Trinajstić information content (AvgIpc) is 2.46. The molecule has 23 heavy (non-hydrogen) atoms. The lowest BCUT2D eigenvalue weighted by Crippen LogP contribution is -2.11. The van der Waals surface area contributed by atoms with Crippen molar-refractivity contribution in [1.82, 2.24) is 0 Å². The van der Waals surface area contributed by atoms with Crippen molar-refractivity contribution in [2.75, 3.05) is 4.90 Å². The lowest BCUT2D eigenvalue weighted by atomic mass is 10.2. The van der Waals surface area contributed by atoms with E-state index in [-0.39, 0.29) is 11.4 Å². The number of anilines is 3. The summed E-state index contributed by atoms with van der Waals surface area (Å²) >= 11 is 0. The van der Waals surface area contributed by atoms with Gasteiger partial charge in [0.05, 0.1) is 11.4 Å². The minimum Gasteiger partial charge on any atom is -0.310 e. The fourth-order valence-corrected chi connectivity index (χ4v) is 2.36. The second-order valence-electron chi connectivity index (χ2n) is 4.93. The zero-order chi connectivity index (χ0) is 16.4. The first-order valence-electron chi connectivity index (χ1n) is 6.80. The Balaban J connectivity index is 2.22. The van der Waals surface area contributed by atoms with E-state index in [4.69, 9.17) is 0 Å². The molecule has 0 aliphatic heterocycles. The normalized spacial score (nSPS) is 10.6. The summed E-state index contributed by atoms with van der Waals surface area (Å²) < 4.78 is 54.3. The van der Waals surface area contributed by atoms with Crippen LogP contribution in [0.1, 0.15) is 0 Å². The van der Waals surface area contributed by atoms with E-state index < -0.39 is 23.3 Å². The predicted molar refractivity (Wildman–Crippen MR) is 81.0 cm³/mol. The molecule has 0 atom stereocenters. The number of nitrogens with zero attached hydrogens (tertiary/aromatic N) is 1. The van der Waals surface area contributed by atoms with Crippen molar-refractivity contribution in [3.05, 3.63) is 90.0 Å². The molecule has 3 aromatic carbocycles. The van der Waals surface area contributed by atoms with Crippen LogP contribution in [0.25, 0.3) is 0 Å². The third kappa shape index (κ3) is 3.34. The van der Waals surface area contributed by atoms with Gasteiger partial charge in [-0.15, -0.1) is 0 Å². The van der Waals surface area contributed by atoms with Gasteiger partial charge < -0.3 is 4.90 Å². The van der Waals surface area contributed by atoms with E-state index in [2.05, 4.69) is 0 Å². The summed E-state index contributed by atoms with van der Waals surface area (Å²) in [6, 6.07) is 14.4. The van der Waals surface area contributed by atoms with Crippen molar-refractivity contribution in [2.45, 2.75) is 0 Å². The van der Waals surface area contributed by atoms with Crippen molar-refractivity contribution >= 4 is 17.1 Å². The van der Waals surface area contributed by atoms with Gasteiger partial charge in [-0.25, -0.2) is 17.6 Å². The summed E-state index contributed by atoms with van der Waals surface area (Å²) in [4.78, 5) is 1.37. The number of rotatable bonds is 3. The smallest absolute Gasteiger partial charge is 0.128 e. The van der Waals surface area contributed by atoms with Crippen LogP contribution in [0.3, 0.4) is 0 Å². The molecule has 5 heteroatoms. The maximum Gasteiger partial charge on any atom is 0.128 e. The molecule has 0 heterocycles. The molecule has 0 aromatic heterocycles. The summed E-state index contributed by atoms with van der Waals surface area (Å²) in [5.41, 5.74) is 0.764. The monoisotopic (exact) mass is 317 g/mol. The van der Waals surface area contributed by atoms with E-state index in [0.717, 1.165) is 36.4 Å². The van der Waals surface area contributed by atoms with E-state index in [1.54, 1.807) is 30.3 Å². The van der Waals surface area contributed by atoms with Gasteiger partial charge in [0.15, 0.2) is 0 Å². The maximum atomic E-state index is 13.6. The highest BCUT2D eigenvalue weighted by Gasteiger charge is 2.16. The molecule has 0 bridgehead atoms. The SMILES string of the molecule is Fc1cc(F)cc(N(c2ccccc2)c2cc(F)cc(F)c2)c1. The molecule has 1 nitrogen and oxygen atoms in total. The van der Waals surface area contributed by atoms with Gasteiger partial charge in [-0.05, 0) is 36.4 Å². The lowest BCUT2D eigenvalue weighted by molar-refractivity contribution is 0.582. The topological polar surface area (TPSA) is 3.24 Å². The van der Waals surface area contributed by atoms with E-state index in [9.17, 15) is 17.6 Å². The number of halogens is 4. The Labute approximate surface area is 130 Å². The minimum atomic E-state index is -0.780. The van der Waals surface area contributed by atoms with Crippen LogP contribution >= 0.6 is 0 Å². The predicted octanol–water partition coefficient (Wildman–Crippen LogP) is 5.71. The second kappa shape index (κ2) is 6.12. The average molecular weight is 317 g/mol. The standard InChI is InChI=1S/C18H11F4N/c19-12-6-13(20)9-17(8-12)23(16-4-2-1-3-5-16)18-10-14(21)7-15(22)11-18/h1-11H. The molecule has 3 rings (SSSR count). The van der Waals surface area contributed by atoms with E-state index in [1.807, 2.05) is 0 Å². The van der Waals surface area contributed by atoms with E-state index >= 15 is 0 Å². The maximum absolute atomic E-state index is 13.6. The lowest BCUT2D eigenvalue weighted by Gasteiger charge is -2.25. The van der Waals surface area contributed by atoms with Crippen LogP contribution in [0.2, 0.25) is 0 Å². The second-order valence-corrected chi connectivity index (χ2v) is 4.93. The van der Waals surface area contributed by atoms with Gasteiger partial charge in [-0.3, -0.25) is 0 Å². The molecular formula is C18H11F4N. The van der Waals surface area contributed by atoms with Gasteiger partial charge >= 0.3 is 0 Å². The Bertz CT molecular complexity index is 742. The Morgan fingerprint density at radius 1 is 0.478 bits per heavy atom. The third-order valence-corrected chi connectivity index (χ3v) is 3.23. The van der Waals surface area contributed by atoms with E-state index in [0.29, 0.717) is 5.69 Å². The van der Waals surface area contributed by atoms with Gasteiger partial charge in [-0.1, -0.05) is 18.2 Å². The molecular weight excluding hydrogens is 306 g/mol. The first-order valence-corrected chi connectivity index (χ1v) is 6.80. The summed E-state index contributed by atoms with van der Waals surface area (Å²) in [5, 5.41) is 0. The Morgan fingerprint density at radius 2 is 0.870 bits per heavy atom. The van der Waals surface area contributed by atoms with Crippen molar-refractivity contribution in [2.24, 2.45) is 0 Å². The van der Waals surface area contributed by atoms with Crippen LogP contribution in [-0.2, 0) is 0 Å². The molecule has 3 aromatic rings. The van der Waals surface area contributed by atoms with Crippen LogP contribution in [0.15, 0.2) is 66.7 Å². The molecule has 0 saturated heterocycles. The van der Waals surface area contributed by atoms with Crippen LogP contribution in [0.4, 0.5) is 34.6 Å². The molecule has 0 unspecified atom stereocenters. The highest BCUT2D eigenvalue weighted by atomic mass is 19.1. The highest BCUT2D eigenvalue weighted by Crippen LogP contribution is 2.35. The van der Waals surface area contributed by atoms with Gasteiger partial charge in [0.25, 0.3) is 0 Å². The number of benzene rings is 3. The summed E-state index contributed by atoms with van der Waals surface area (Å²) in [5.74, 6) is -3.12. The molecule has 0 aliphatic carbocycles. The quantitative estimate of drug-likeness (QED) is 0.559. The Hall–Kier alpha value is -2.82. The molecule has 0 N–H and O–H groups in total. The molecule has 0 amide bonds. The van der Waals surface area contributed by atoms with Gasteiger partial charge in [0.2, 0.25) is 0 Å². The van der Waals surface area contributed by atoms with Crippen molar-refractivity contribution in [1.29, 1.82) is 0 Å². The Morgan fingerprint density at radius 3 is 1.26 bits per heavy atom. The van der Waals surface area contributed by atoms with E-state index in [1.165, 1.54) is 4.90 Å².